The van der Waals surface area contributed by atoms with Crippen molar-refractivity contribution in [3.8, 4) is 6.07 Å². The van der Waals surface area contributed by atoms with Crippen LogP contribution in [0.25, 0.3) is 0 Å². The zero-order chi connectivity index (χ0) is 16.7. The zero-order valence-electron chi connectivity index (χ0n) is 13.6. The number of amides is 1. The Hall–Kier alpha value is -2.60. The van der Waals surface area contributed by atoms with Gasteiger partial charge in [0, 0.05) is 0 Å². The van der Waals surface area contributed by atoms with Gasteiger partial charge < -0.3 is 5.32 Å². The first-order valence-electron chi connectivity index (χ1n) is 8.01. The average molecular weight is 306 g/mol. The van der Waals surface area contributed by atoms with E-state index < -0.39 is 0 Å². The van der Waals surface area contributed by atoms with Gasteiger partial charge >= 0.3 is 0 Å². The van der Waals surface area contributed by atoms with Crippen molar-refractivity contribution in [2.75, 3.05) is 0 Å². The van der Waals surface area contributed by atoms with Gasteiger partial charge in [-0.1, -0.05) is 55.8 Å². The standard InChI is InChI=1S/C20H22N2O/c1-3-7-19(18-8-5-4-6-9-18)20(23)22-15(2)17-12-10-16(14-21)11-13-17/h4-6,8-13,15,19H,3,7H2,1-2H3,(H,22,23). The van der Waals surface area contributed by atoms with Crippen LogP contribution in [0.1, 0.15) is 55.3 Å². The van der Waals surface area contributed by atoms with E-state index >= 15 is 0 Å². The topological polar surface area (TPSA) is 52.9 Å². The minimum absolute atomic E-state index is 0.0508. The zero-order valence-corrected chi connectivity index (χ0v) is 13.6. The van der Waals surface area contributed by atoms with Crippen LogP contribution in [-0.2, 0) is 4.79 Å². The molecule has 0 bridgehead atoms. The summed E-state index contributed by atoms with van der Waals surface area (Å²) >= 11 is 0. The van der Waals surface area contributed by atoms with Crippen molar-refractivity contribution in [2.45, 2.75) is 38.6 Å². The minimum Gasteiger partial charge on any atom is -0.349 e. The fourth-order valence-corrected chi connectivity index (χ4v) is 2.67. The molecule has 3 heteroatoms. The first-order chi connectivity index (χ1) is 11.2. The molecule has 0 radical (unpaired) electrons. The summed E-state index contributed by atoms with van der Waals surface area (Å²) in [6.45, 7) is 4.06. The Bertz CT molecular complexity index is 671. The summed E-state index contributed by atoms with van der Waals surface area (Å²) in [5.41, 5.74) is 2.68. The molecule has 0 aliphatic carbocycles. The van der Waals surface area contributed by atoms with E-state index in [4.69, 9.17) is 5.26 Å². The van der Waals surface area contributed by atoms with E-state index in [2.05, 4.69) is 18.3 Å². The highest BCUT2D eigenvalue weighted by Gasteiger charge is 2.21. The number of rotatable bonds is 6. The Kier molecular flexibility index (Phi) is 5.94. The summed E-state index contributed by atoms with van der Waals surface area (Å²) < 4.78 is 0. The largest absolute Gasteiger partial charge is 0.349 e. The molecule has 0 saturated carbocycles. The summed E-state index contributed by atoms with van der Waals surface area (Å²) in [6.07, 6.45) is 1.79. The van der Waals surface area contributed by atoms with Crippen molar-refractivity contribution in [1.82, 2.24) is 5.32 Å². The molecule has 0 spiro atoms. The maximum absolute atomic E-state index is 12.7. The molecule has 2 atom stereocenters. The van der Waals surface area contributed by atoms with Crippen LogP contribution in [0.2, 0.25) is 0 Å². The molecule has 2 rings (SSSR count). The number of hydrogen-bond acceptors (Lipinski definition) is 2. The Labute approximate surface area is 138 Å². The summed E-state index contributed by atoms with van der Waals surface area (Å²) in [5.74, 6) is -0.0723. The van der Waals surface area contributed by atoms with E-state index in [-0.39, 0.29) is 17.9 Å². The van der Waals surface area contributed by atoms with Crippen LogP contribution in [-0.4, -0.2) is 5.91 Å². The maximum Gasteiger partial charge on any atom is 0.228 e. The van der Waals surface area contributed by atoms with Crippen molar-refractivity contribution >= 4 is 5.91 Å². The second-order valence-electron chi connectivity index (χ2n) is 5.72. The Morgan fingerprint density at radius 1 is 1.09 bits per heavy atom. The van der Waals surface area contributed by atoms with Crippen molar-refractivity contribution < 1.29 is 4.79 Å². The van der Waals surface area contributed by atoms with Gasteiger partial charge in [-0.3, -0.25) is 4.79 Å². The molecular formula is C20H22N2O. The number of nitrogens with one attached hydrogen (secondary N) is 1. The lowest BCUT2D eigenvalue weighted by molar-refractivity contribution is -0.123. The highest BCUT2D eigenvalue weighted by molar-refractivity contribution is 5.84. The molecule has 0 aromatic heterocycles. The quantitative estimate of drug-likeness (QED) is 0.864. The van der Waals surface area contributed by atoms with Gasteiger partial charge in [0.15, 0.2) is 0 Å². The van der Waals surface area contributed by atoms with Crippen molar-refractivity contribution in [2.24, 2.45) is 0 Å². The molecule has 2 aromatic carbocycles. The first kappa shape index (κ1) is 16.8. The molecule has 0 fully saturated rings. The summed E-state index contributed by atoms with van der Waals surface area (Å²) in [7, 11) is 0. The molecule has 2 unspecified atom stereocenters. The number of nitriles is 1. The average Bonchev–Trinajstić information content (AvgIpc) is 2.60. The lowest BCUT2D eigenvalue weighted by Gasteiger charge is -2.20. The van der Waals surface area contributed by atoms with Crippen LogP contribution in [0.4, 0.5) is 0 Å². The van der Waals surface area contributed by atoms with E-state index in [1.165, 1.54) is 0 Å². The predicted molar refractivity (Wildman–Crippen MR) is 91.8 cm³/mol. The lowest BCUT2D eigenvalue weighted by atomic mass is 9.93. The third-order valence-corrected chi connectivity index (χ3v) is 3.99. The third kappa shape index (κ3) is 4.43. The van der Waals surface area contributed by atoms with Gasteiger partial charge in [-0.2, -0.15) is 5.26 Å². The third-order valence-electron chi connectivity index (χ3n) is 3.99. The van der Waals surface area contributed by atoms with Gasteiger partial charge in [0.25, 0.3) is 0 Å². The molecule has 118 valence electrons. The van der Waals surface area contributed by atoms with Crippen LogP contribution in [0, 0.1) is 11.3 Å². The first-order valence-corrected chi connectivity index (χ1v) is 8.01. The van der Waals surface area contributed by atoms with Crippen LogP contribution in [0.5, 0.6) is 0 Å². The highest BCUT2D eigenvalue weighted by atomic mass is 16.1. The SMILES string of the molecule is CCCC(C(=O)NC(C)c1ccc(C#N)cc1)c1ccccc1. The molecule has 0 heterocycles. The van der Waals surface area contributed by atoms with Crippen LogP contribution in [0.15, 0.2) is 54.6 Å². The van der Waals surface area contributed by atoms with Crippen LogP contribution in [0.3, 0.4) is 0 Å². The highest BCUT2D eigenvalue weighted by Crippen LogP contribution is 2.23. The van der Waals surface area contributed by atoms with Crippen molar-refractivity contribution in [3.05, 3.63) is 71.3 Å². The van der Waals surface area contributed by atoms with Crippen LogP contribution >= 0.6 is 0 Å². The molecule has 0 aliphatic heterocycles. The number of benzene rings is 2. The van der Waals surface area contributed by atoms with Gasteiger partial charge in [0.1, 0.15) is 0 Å². The number of carbonyl (C=O) groups is 1. The van der Waals surface area contributed by atoms with Crippen molar-refractivity contribution in [3.63, 3.8) is 0 Å². The van der Waals surface area contributed by atoms with E-state index in [9.17, 15) is 4.79 Å². The number of hydrogen-bond donors (Lipinski definition) is 1. The normalized spacial score (nSPS) is 12.9. The molecule has 2 aromatic rings. The predicted octanol–water partition coefficient (Wildman–Crippen LogP) is 4.32. The number of carbonyl (C=O) groups excluding carboxylic acids is 1. The lowest BCUT2D eigenvalue weighted by Crippen LogP contribution is -2.31. The smallest absolute Gasteiger partial charge is 0.228 e. The molecule has 1 N–H and O–H groups in total. The molecular weight excluding hydrogens is 284 g/mol. The Balaban J connectivity index is 2.10. The molecule has 23 heavy (non-hydrogen) atoms. The van der Waals surface area contributed by atoms with Gasteiger partial charge in [0.05, 0.1) is 23.6 Å². The fourth-order valence-electron chi connectivity index (χ4n) is 2.67. The van der Waals surface area contributed by atoms with Gasteiger partial charge in [-0.05, 0) is 36.6 Å². The second kappa shape index (κ2) is 8.14. The Morgan fingerprint density at radius 3 is 2.30 bits per heavy atom. The minimum atomic E-state index is -0.123. The van der Waals surface area contributed by atoms with Gasteiger partial charge in [0.2, 0.25) is 5.91 Å². The van der Waals surface area contributed by atoms with E-state index in [0.29, 0.717) is 5.56 Å². The van der Waals surface area contributed by atoms with Gasteiger partial charge in [-0.25, -0.2) is 0 Å². The second-order valence-corrected chi connectivity index (χ2v) is 5.72. The van der Waals surface area contributed by atoms with Gasteiger partial charge in [-0.15, -0.1) is 0 Å². The summed E-state index contributed by atoms with van der Waals surface area (Å²) in [6, 6.07) is 19.3. The number of nitrogens with zero attached hydrogens (tertiary/aromatic N) is 1. The van der Waals surface area contributed by atoms with Crippen molar-refractivity contribution in [1.29, 1.82) is 5.26 Å². The van der Waals surface area contributed by atoms with E-state index in [1.807, 2.05) is 49.4 Å². The molecule has 1 amide bonds. The molecule has 0 aliphatic rings. The fraction of sp³-hybridized carbons (Fsp3) is 0.300. The van der Waals surface area contributed by atoms with E-state index in [1.54, 1.807) is 12.1 Å². The monoisotopic (exact) mass is 306 g/mol. The van der Waals surface area contributed by atoms with E-state index in [0.717, 1.165) is 24.0 Å². The maximum atomic E-state index is 12.7. The molecule has 0 saturated heterocycles. The Morgan fingerprint density at radius 2 is 1.74 bits per heavy atom. The molecule has 3 nitrogen and oxygen atoms in total. The summed E-state index contributed by atoms with van der Waals surface area (Å²) in [5, 5.41) is 11.9. The van der Waals surface area contributed by atoms with Crippen LogP contribution < -0.4 is 5.32 Å². The summed E-state index contributed by atoms with van der Waals surface area (Å²) in [4.78, 5) is 12.7.